The maximum absolute atomic E-state index is 4.63. The summed E-state index contributed by atoms with van der Waals surface area (Å²) in [5.74, 6) is 0. The Hall–Kier alpha value is -1.14. The second-order valence-electron chi connectivity index (χ2n) is 4.82. The molecule has 0 radical (unpaired) electrons. The maximum atomic E-state index is 4.63. The predicted molar refractivity (Wildman–Crippen MR) is 83.8 cm³/mol. The van der Waals surface area contributed by atoms with Crippen molar-refractivity contribution in [3.05, 3.63) is 33.3 Å². The van der Waals surface area contributed by atoms with E-state index in [0.29, 0.717) is 0 Å². The highest BCUT2D eigenvalue weighted by atomic mass is 79.9. The van der Waals surface area contributed by atoms with E-state index in [1.807, 2.05) is 17.9 Å². The lowest BCUT2D eigenvalue weighted by Gasteiger charge is -2.08. The third-order valence-corrected chi connectivity index (χ3v) is 4.48. The normalized spacial score (nSPS) is 11.2. The van der Waals surface area contributed by atoms with Crippen LogP contribution in [-0.2, 0) is 26.1 Å². The van der Waals surface area contributed by atoms with Gasteiger partial charge in [-0.2, -0.15) is 10.2 Å². The van der Waals surface area contributed by atoms with Crippen LogP contribution in [0.5, 0.6) is 0 Å². The van der Waals surface area contributed by atoms with Crippen LogP contribution in [-0.4, -0.2) is 26.6 Å². The van der Waals surface area contributed by atoms with E-state index in [4.69, 9.17) is 0 Å². The second-order valence-corrected chi connectivity index (χ2v) is 5.61. The average Bonchev–Trinajstić information content (AvgIpc) is 2.94. The molecule has 0 spiro atoms. The van der Waals surface area contributed by atoms with Crippen LogP contribution in [0.3, 0.4) is 0 Å². The van der Waals surface area contributed by atoms with E-state index in [2.05, 4.69) is 56.9 Å². The standard InChI is InChI=1S/C14H22BrN5/c1-5-12-14(15)13(19(6-2)18-12)9-20-10(3)11(7-16-4)8-17-20/h8,16H,5-7,9H2,1-4H3. The molecule has 0 aliphatic carbocycles. The zero-order valence-corrected chi connectivity index (χ0v) is 14.2. The molecule has 0 fully saturated rings. The predicted octanol–water partition coefficient (Wildman–Crippen LogP) is 2.50. The number of hydrogen-bond donors (Lipinski definition) is 1. The number of halogens is 1. The van der Waals surface area contributed by atoms with Crippen molar-refractivity contribution < 1.29 is 0 Å². The van der Waals surface area contributed by atoms with Gasteiger partial charge >= 0.3 is 0 Å². The van der Waals surface area contributed by atoms with Gasteiger partial charge in [-0.3, -0.25) is 9.36 Å². The number of nitrogens with one attached hydrogen (secondary N) is 1. The number of aromatic nitrogens is 4. The molecule has 0 amide bonds. The molecule has 2 aromatic heterocycles. The number of rotatable bonds is 6. The first kappa shape index (κ1) is 15.3. The van der Waals surface area contributed by atoms with Crippen LogP contribution in [0.2, 0.25) is 0 Å². The Morgan fingerprint density at radius 1 is 1.30 bits per heavy atom. The maximum Gasteiger partial charge on any atom is 0.0842 e. The van der Waals surface area contributed by atoms with Crippen molar-refractivity contribution in [1.29, 1.82) is 0 Å². The highest BCUT2D eigenvalue weighted by molar-refractivity contribution is 9.10. The van der Waals surface area contributed by atoms with Crippen LogP contribution < -0.4 is 5.32 Å². The summed E-state index contributed by atoms with van der Waals surface area (Å²) in [5, 5.41) is 12.3. The highest BCUT2D eigenvalue weighted by Gasteiger charge is 2.16. The fraction of sp³-hybridized carbons (Fsp3) is 0.571. The lowest BCUT2D eigenvalue weighted by atomic mass is 10.2. The van der Waals surface area contributed by atoms with Crippen molar-refractivity contribution in [2.75, 3.05) is 7.05 Å². The summed E-state index contributed by atoms with van der Waals surface area (Å²) in [5.41, 5.74) is 4.74. The van der Waals surface area contributed by atoms with Gasteiger partial charge in [-0.25, -0.2) is 0 Å². The Labute approximate surface area is 128 Å². The lowest BCUT2D eigenvalue weighted by molar-refractivity contribution is 0.565. The van der Waals surface area contributed by atoms with Crippen molar-refractivity contribution in [1.82, 2.24) is 24.9 Å². The Morgan fingerprint density at radius 3 is 2.65 bits per heavy atom. The number of aryl methyl sites for hydroxylation is 2. The fourth-order valence-electron chi connectivity index (χ4n) is 2.32. The third-order valence-electron chi connectivity index (χ3n) is 3.57. The Bertz CT molecular complexity index is 585. The van der Waals surface area contributed by atoms with E-state index in [-0.39, 0.29) is 0 Å². The highest BCUT2D eigenvalue weighted by Crippen LogP contribution is 2.23. The average molecular weight is 340 g/mol. The molecule has 0 saturated carbocycles. The molecule has 2 aromatic rings. The van der Waals surface area contributed by atoms with Gasteiger partial charge in [0.05, 0.1) is 28.6 Å². The Kier molecular flexibility index (Phi) is 4.99. The van der Waals surface area contributed by atoms with Crippen molar-refractivity contribution in [3.8, 4) is 0 Å². The van der Waals surface area contributed by atoms with E-state index in [9.17, 15) is 0 Å². The van der Waals surface area contributed by atoms with Gasteiger partial charge in [-0.05, 0) is 43.2 Å². The van der Waals surface area contributed by atoms with Gasteiger partial charge in [0.2, 0.25) is 0 Å². The summed E-state index contributed by atoms with van der Waals surface area (Å²) in [4.78, 5) is 0. The summed E-state index contributed by atoms with van der Waals surface area (Å²) in [6.45, 7) is 8.82. The molecule has 0 unspecified atom stereocenters. The van der Waals surface area contributed by atoms with Gasteiger partial charge in [0.25, 0.3) is 0 Å². The minimum atomic E-state index is 0.747. The quantitative estimate of drug-likeness (QED) is 0.879. The zero-order valence-electron chi connectivity index (χ0n) is 12.6. The van der Waals surface area contributed by atoms with Crippen LogP contribution >= 0.6 is 15.9 Å². The molecule has 0 bridgehead atoms. The molecule has 1 N–H and O–H groups in total. The first-order chi connectivity index (χ1) is 9.62. The summed E-state index contributed by atoms with van der Waals surface area (Å²) in [6.07, 6.45) is 2.87. The van der Waals surface area contributed by atoms with Crippen LogP contribution in [0, 0.1) is 6.92 Å². The molecule has 6 heteroatoms. The molecule has 110 valence electrons. The van der Waals surface area contributed by atoms with Crippen molar-refractivity contribution >= 4 is 15.9 Å². The molecule has 0 atom stereocenters. The smallest absolute Gasteiger partial charge is 0.0842 e. The second kappa shape index (κ2) is 6.54. The lowest BCUT2D eigenvalue weighted by Crippen LogP contribution is -2.11. The van der Waals surface area contributed by atoms with Crippen LogP contribution in [0.25, 0.3) is 0 Å². The minimum absolute atomic E-state index is 0.747. The van der Waals surface area contributed by atoms with Crippen LogP contribution in [0.15, 0.2) is 10.7 Å². The number of hydrogen-bond acceptors (Lipinski definition) is 3. The molecular formula is C14H22BrN5. The van der Waals surface area contributed by atoms with Gasteiger partial charge in [0.15, 0.2) is 0 Å². The van der Waals surface area contributed by atoms with Crippen molar-refractivity contribution in [2.45, 2.75) is 46.8 Å². The molecule has 0 aliphatic rings. The van der Waals surface area contributed by atoms with Gasteiger partial charge < -0.3 is 5.32 Å². The zero-order chi connectivity index (χ0) is 14.7. The monoisotopic (exact) mass is 339 g/mol. The van der Waals surface area contributed by atoms with Crippen LogP contribution in [0.1, 0.15) is 36.5 Å². The van der Waals surface area contributed by atoms with E-state index >= 15 is 0 Å². The van der Waals surface area contributed by atoms with Gasteiger partial charge in [-0.15, -0.1) is 0 Å². The molecule has 0 saturated heterocycles. The molecular weight excluding hydrogens is 318 g/mol. The summed E-state index contributed by atoms with van der Waals surface area (Å²) in [6, 6.07) is 0. The fourth-order valence-corrected chi connectivity index (χ4v) is 3.01. The largest absolute Gasteiger partial charge is 0.316 e. The molecule has 5 nitrogen and oxygen atoms in total. The van der Waals surface area contributed by atoms with Crippen LogP contribution in [0.4, 0.5) is 0 Å². The van der Waals surface area contributed by atoms with Gasteiger partial charge in [-0.1, -0.05) is 6.92 Å². The summed E-state index contributed by atoms with van der Waals surface area (Å²) < 4.78 is 5.22. The Balaban J connectivity index is 2.32. The van der Waals surface area contributed by atoms with E-state index in [1.54, 1.807) is 0 Å². The molecule has 0 aliphatic heterocycles. The third kappa shape index (κ3) is 2.81. The van der Waals surface area contributed by atoms with Gasteiger partial charge in [0.1, 0.15) is 0 Å². The summed E-state index contributed by atoms with van der Waals surface area (Å²) >= 11 is 3.69. The van der Waals surface area contributed by atoms with E-state index in [0.717, 1.165) is 36.2 Å². The first-order valence-corrected chi connectivity index (χ1v) is 7.81. The van der Waals surface area contributed by atoms with Crippen molar-refractivity contribution in [3.63, 3.8) is 0 Å². The molecule has 20 heavy (non-hydrogen) atoms. The molecule has 2 heterocycles. The minimum Gasteiger partial charge on any atom is -0.316 e. The number of nitrogens with zero attached hydrogens (tertiary/aromatic N) is 4. The van der Waals surface area contributed by atoms with E-state index < -0.39 is 0 Å². The summed E-state index contributed by atoms with van der Waals surface area (Å²) in [7, 11) is 1.95. The van der Waals surface area contributed by atoms with Crippen molar-refractivity contribution in [2.24, 2.45) is 0 Å². The molecule has 0 aromatic carbocycles. The SMILES string of the molecule is CCc1nn(CC)c(Cn2ncc(CNC)c2C)c1Br. The Morgan fingerprint density at radius 2 is 2.05 bits per heavy atom. The first-order valence-electron chi connectivity index (χ1n) is 7.02. The van der Waals surface area contributed by atoms with E-state index in [1.165, 1.54) is 17.0 Å². The molecule has 2 rings (SSSR count). The topological polar surface area (TPSA) is 47.7 Å². The van der Waals surface area contributed by atoms with Gasteiger partial charge in [0, 0.05) is 24.3 Å².